The molecule has 42 heavy (non-hydrogen) atoms. The van der Waals surface area contributed by atoms with Crippen molar-refractivity contribution in [1.29, 1.82) is 0 Å². The zero-order valence-corrected chi connectivity index (χ0v) is 26.4. The first-order chi connectivity index (χ1) is 20.4. The zero-order valence-electron chi connectivity index (χ0n) is 26.4. The summed E-state index contributed by atoms with van der Waals surface area (Å²) in [7, 11) is 0. The number of unbranched alkanes of at least 4 members (excludes halogenated alkanes) is 13. The van der Waals surface area contributed by atoms with Crippen molar-refractivity contribution in [2.75, 3.05) is 13.2 Å². The smallest absolute Gasteiger partial charge is 0.343 e. The van der Waals surface area contributed by atoms with Crippen molar-refractivity contribution in [3.63, 3.8) is 0 Å². The number of esters is 1. The van der Waals surface area contributed by atoms with Crippen molar-refractivity contribution < 1.29 is 24.5 Å². The monoisotopic (exact) mass is 581 g/mol. The molecule has 0 aromatic heterocycles. The lowest BCUT2D eigenvalue weighted by atomic mass is 10.0. The zero-order chi connectivity index (χ0) is 30.4. The van der Waals surface area contributed by atoms with E-state index in [2.05, 4.69) is 25.8 Å². The molecule has 0 fully saturated rings. The molecule has 2 aromatic rings. The number of carbonyl (C=O) groups is 1. The van der Waals surface area contributed by atoms with Crippen LogP contribution >= 0.6 is 0 Å². The van der Waals surface area contributed by atoms with Crippen molar-refractivity contribution >= 4 is 12.2 Å². The summed E-state index contributed by atoms with van der Waals surface area (Å²) < 4.78 is 11.3. The summed E-state index contributed by atoms with van der Waals surface area (Å²) >= 11 is 0. The van der Waals surface area contributed by atoms with E-state index in [1.54, 1.807) is 42.6 Å². The van der Waals surface area contributed by atoms with Crippen molar-refractivity contribution in [2.24, 2.45) is 10.9 Å². The summed E-state index contributed by atoms with van der Waals surface area (Å²) in [5.74, 6) is 0.836. The normalized spacial score (nSPS) is 12.2. The van der Waals surface area contributed by atoms with E-state index in [1.807, 2.05) is 0 Å². The van der Waals surface area contributed by atoms with Crippen LogP contribution < -0.4 is 9.47 Å². The Balaban J connectivity index is 1.61. The van der Waals surface area contributed by atoms with Crippen LogP contribution in [0.2, 0.25) is 0 Å². The molecule has 2 rings (SSSR count). The first-order valence-corrected chi connectivity index (χ1v) is 16.3. The number of benzene rings is 2. The van der Waals surface area contributed by atoms with Gasteiger partial charge in [0.2, 0.25) is 0 Å². The highest BCUT2D eigenvalue weighted by Crippen LogP contribution is 2.24. The Kier molecular flexibility index (Phi) is 18.3. The minimum atomic E-state index is -0.508. The van der Waals surface area contributed by atoms with Gasteiger partial charge in [0, 0.05) is 17.8 Å². The van der Waals surface area contributed by atoms with E-state index < -0.39 is 5.97 Å². The number of aromatic hydroxyl groups is 1. The number of hydrogen-bond donors (Lipinski definition) is 2. The van der Waals surface area contributed by atoms with E-state index in [9.17, 15) is 15.0 Å². The van der Waals surface area contributed by atoms with Gasteiger partial charge in [0.1, 0.15) is 17.2 Å². The summed E-state index contributed by atoms with van der Waals surface area (Å²) in [6, 6.07) is 11.4. The number of aliphatic imine (C=N–C) groups is 1. The number of carbonyl (C=O) groups excluding carboxylic acids is 1. The second kappa shape index (κ2) is 21.8. The minimum absolute atomic E-state index is 0.0440. The fourth-order valence-electron chi connectivity index (χ4n) is 4.95. The van der Waals surface area contributed by atoms with Gasteiger partial charge in [0.25, 0.3) is 0 Å². The van der Waals surface area contributed by atoms with E-state index in [0.717, 1.165) is 18.6 Å². The third-order valence-electron chi connectivity index (χ3n) is 7.45. The predicted molar refractivity (Wildman–Crippen MR) is 173 cm³/mol. The molecule has 2 aromatic carbocycles. The molecule has 0 amide bonds. The maximum absolute atomic E-state index is 12.6. The van der Waals surface area contributed by atoms with Gasteiger partial charge < -0.3 is 19.7 Å². The Morgan fingerprint density at radius 3 is 1.88 bits per heavy atom. The van der Waals surface area contributed by atoms with Crippen molar-refractivity contribution in [1.82, 2.24) is 0 Å². The molecule has 0 saturated carbocycles. The second-order valence-electron chi connectivity index (χ2n) is 11.8. The van der Waals surface area contributed by atoms with Gasteiger partial charge in [0.05, 0.1) is 24.8 Å². The van der Waals surface area contributed by atoms with E-state index >= 15 is 0 Å². The van der Waals surface area contributed by atoms with Gasteiger partial charge in [-0.05, 0) is 55.2 Å². The highest BCUT2D eigenvalue weighted by atomic mass is 16.5. The Hall–Kier alpha value is -2.86. The van der Waals surface area contributed by atoms with Gasteiger partial charge in [-0.15, -0.1) is 0 Å². The average molecular weight is 582 g/mol. The van der Waals surface area contributed by atoms with E-state index in [4.69, 9.17) is 9.47 Å². The van der Waals surface area contributed by atoms with Crippen LogP contribution in [0.3, 0.4) is 0 Å². The molecule has 234 valence electrons. The van der Waals surface area contributed by atoms with Crippen LogP contribution in [0.25, 0.3) is 0 Å². The summed E-state index contributed by atoms with van der Waals surface area (Å²) in [5.41, 5.74) is 0.903. The van der Waals surface area contributed by atoms with Gasteiger partial charge >= 0.3 is 5.97 Å². The fourth-order valence-corrected chi connectivity index (χ4v) is 4.95. The molecule has 0 radical (unpaired) electrons. The van der Waals surface area contributed by atoms with Crippen molar-refractivity contribution in [3.05, 3.63) is 53.6 Å². The van der Waals surface area contributed by atoms with E-state index in [0.29, 0.717) is 23.7 Å². The lowest BCUT2D eigenvalue weighted by molar-refractivity contribution is 0.0734. The summed E-state index contributed by atoms with van der Waals surface area (Å²) in [4.78, 5) is 17.0. The molecular weight excluding hydrogens is 526 g/mol. The maximum Gasteiger partial charge on any atom is 0.343 e. The highest BCUT2D eigenvalue weighted by molar-refractivity contribution is 5.91. The number of nitrogens with zero attached hydrogens (tertiary/aromatic N) is 1. The van der Waals surface area contributed by atoms with Crippen LogP contribution in [0.4, 0.5) is 0 Å². The van der Waals surface area contributed by atoms with E-state index in [1.165, 1.54) is 89.5 Å². The fraction of sp³-hybridized carbons (Fsp3) is 0.611. The predicted octanol–water partition coefficient (Wildman–Crippen LogP) is 9.30. The van der Waals surface area contributed by atoms with Crippen LogP contribution in [0.1, 0.15) is 133 Å². The molecule has 0 aliphatic heterocycles. The molecule has 0 spiro atoms. The Morgan fingerprint density at radius 1 is 0.810 bits per heavy atom. The third kappa shape index (κ3) is 15.4. The number of ether oxygens (including phenoxy) is 2. The van der Waals surface area contributed by atoms with Crippen molar-refractivity contribution in [3.8, 4) is 17.2 Å². The van der Waals surface area contributed by atoms with Crippen LogP contribution in [-0.4, -0.2) is 41.7 Å². The molecule has 1 atom stereocenters. The number of hydrogen-bond acceptors (Lipinski definition) is 6. The SMILES string of the molecule is CCCCCCCCCCCCCCCCOc1ccc(C(=O)Oc2ccc(C=N[C@H](CO)CC(C)C)c(O)c2)cc1. The Morgan fingerprint density at radius 2 is 1.36 bits per heavy atom. The number of aliphatic hydroxyl groups excluding tert-OH is 1. The van der Waals surface area contributed by atoms with Gasteiger partial charge in [0.15, 0.2) is 0 Å². The molecule has 0 saturated heterocycles. The molecule has 6 heteroatoms. The topological polar surface area (TPSA) is 88.4 Å². The van der Waals surface area contributed by atoms with E-state index in [-0.39, 0.29) is 24.1 Å². The summed E-state index contributed by atoms with van der Waals surface area (Å²) in [6.45, 7) is 7.04. The van der Waals surface area contributed by atoms with Gasteiger partial charge in [-0.2, -0.15) is 0 Å². The number of aliphatic hydroxyl groups is 1. The summed E-state index contributed by atoms with van der Waals surface area (Å²) in [5, 5.41) is 19.8. The molecular formula is C36H55NO5. The van der Waals surface area contributed by atoms with Crippen LogP contribution in [0.15, 0.2) is 47.5 Å². The molecule has 2 N–H and O–H groups in total. The summed E-state index contributed by atoms with van der Waals surface area (Å²) in [6.07, 6.45) is 20.9. The largest absolute Gasteiger partial charge is 0.507 e. The highest BCUT2D eigenvalue weighted by Gasteiger charge is 2.12. The number of phenols is 1. The van der Waals surface area contributed by atoms with Crippen LogP contribution in [-0.2, 0) is 0 Å². The molecule has 0 heterocycles. The van der Waals surface area contributed by atoms with Crippen LogP contribution in [0, 0.1) is 5.92 Å². The molecule has 0 unspecified atom stereocenters. The first-order valence-electron chi connectivity index (χ1n) is 16.3. The van der Waals surface area contributed by atoms with Gasteiger partial charge in [-0.25, -0.2) is 4.79 Å². The quantitative estimate of drug-likeness (QED) is 0.0591. The standard InChI is InChI=1S/C36H55NO5/c1-4-5-6-7-8-9-10-11-12-13-14-15-16-17-24-41-33-21-18-30(19-22-33)36(40)42-34-23-20-31(35(39)26-34)27-37-32(28-38)25-29(2)3/h18-23,26-27,29,32,38-39H,4-17,24-25,28H2,1-3H3/t32-/m0/s1. The Labute approximate surface area is 254 Å². The first kappa shape index (κ1) is 35.3. The molecule has 0 aliphatic carbocycles. The number of rotatable bonds is 23. The minimum Gasteiger partial charge on any atom is -0.507 e. The second-order valence-corrected chi connectivity index (χ2v) is 11.8. The average Bonchev–Trinajstić information content (AvgIpc) is 2.98. The Bertz CT molecular complexity index is 1020. The number of phenolic OH excluding ortho intramolecular Hbond substituents is 1. The molecule has 6 nitrogen and oxygen atoms in total. The third-order valence-corrected chi connectivity index (χ3v) is 7.45. The molecule has 0 bridgehead atoms. The van der Waals surface area contributed by atoms with Crippen LogP contribution in [0.5, 0.6) is 17.2 Å². The van der Waals surface area contributed by atoms with Gasteiger partial charge in [-0.1, -0.05) is 104 Å². The lowest BCUT2D eigenvalue weighted by Crippen LogP contribution is -2.13. The lowest BCUT2D eigenvalue weighted by Gasteiger charge is -2.12. The maximum atomic E-state index is 12.6. The van der Waals surface area contributed by atoms with Gasteiger partial charge in [-0.3, -0.25) is 4.99 Å². The molecule has 0 aliphatic rings. The van der Waals surface area contributed by atoms with Crippen molar-refractivity contribution in [2.45, 2.75) is 123 Å².